The first-order valence-electron chi connectivity index (χ1n) is 6.72. The van der Waals surface area contributed by atoms with Gasteiger partial charge in [0.2, 0.25) is 0 Å². The fraction of sp³-hybridized carbons (Fsp3) is 0.600. The zero-order chi connectivity index (χ0) is 13.1. The predicted octanol–water partition coefficient (Wildman–Crippen LogP) is 2.90. The molecule has 1 aliphatic heterocycles. The second kappa shape index (κ2) is 5.81. The number of likely N-dealkylation sites (tertiary alicyclic amines) is 1. The summed E-state index contributed by atoms with van der Waals surface area (Å²) in [6, 6.07) is 4.86. The van der Waals surface area contributed by atoms with Gasteiger partial charge in [0.1, 0.15) is 5.82 Å². The molecule has 0 saturated carbocycles. The molecular formula is C15H22FNO. The number of benzene rings is 1. The van der Waals surface area contributed by atoms with Crippen molar-refractivity contribution in [2.24, 2.45) is 5.92 Å². The van der Waals surface area contributed by atoms with Crippen LogP contribution in [0.25, 0.3) is 0 Å². The summed E-state index contributed by atoms with van der Waals surface area (Å²) in [5, 5.41) is 10.2. The van der Waals surface area contributed by atoms with Gasteiger partial charge in [-0.25, -0.2) is 4.39 Å². The van der Waals surface area contributed by atoms with Gasteiger partial charge in [-0.05, 0) is 56.0 Å². The highest BCUT2D eigenvalue weighted by molar-refractivity contribution is 5.25. The highest BCUT2D eigenvalue weighted by Gasteiger charge is 2.19. The molecule has 0 amide bonds. The van der Waals surface area contributed by atoms with Gasteiger partial charge in [-0.15, -0.1) is 0 Å². The minimum atomic E-state index is -0.516. The minimum Gasteiger partial charge on any atom is -0.387 e. The van der Waals surface area contributed by atoms with Gasteiger partial charge in [0.25, 0.3) is 0 Å². The third-order valence-electron chi connectivity index (χ3n) is 3.87. The van der Waals surface area contributed by atoms with Crippen molar-refractivity contribution < 1.29 is 9.50 Å². The Morgan fingerprint density at radius 2 is 2.06 bits per heavy atom. The van der Waals surface area contributed by atoms with Gasteiger partial charge in [0.05, 0.1) is 6.10 Å². The highest BCUT2D eigenvalue weighted by atomic mass is 19.1. The maximum atomic E-state index is 13.2. The normalized spacial score (nSPS) is 20.0. The number of hydrogen-bond acceptors (Lipinski definition) is 2. The van der Waals surface area contributed by atoms with E-state index in [4.69, 9.17) is 0 Å². The number of rotatable bonds is 3. The molecule has 3 heteroatoms. The van der Waals surface area contributed by atoms with Gasteiger partial charge in [-0.2, -0.15) is 0 Å². The van der Waals surface area contributed by atoms with Crippen molar-refractivity contribution in [3.63, 3.8) is 0 Å². The van der Waals surface area contributed by atoms with Crippen molar-refractivity contribution in [3.05, 3.63) is 35.1 Å². The topological polar surface area (TPSA) is 23.5 Å². The Morgan fingerprint density at radius 3 is 2.67 bits per heavy atom. The number of piperidine rings is 1. The van der Waals surface area contributed by atoms with E-state index in [1.54, 1.807) is 19.1 Å². The van der Waals surface area contributed by atoms with E-state index in [1.807, 2.05) is 0 Å². The second-order valence-electron chi connectivity index (χ2n) is 5.51. The van der Waals surface area contributed by atoms with Crippen LogP contribution in [0.15, 0.2) is 18.2 Å². The summed E-state index contributed by atoms with van der Waals surface area (Å²) in [7, 11) is 0. The van der Waals surface area contributed by atoms with Crippen LogP contribution in [0.1, 0.15) is 37.0 Å². The number of halogens is 1. The third-order valence-corrected chi connectivity index (χ3v) is 3.87. The fourth-order valence-corrected chi connectivity index (χ4v) is 2.47. The standard InChI is InChI=1S/C15H22FNO/c1-11-5-7-17(8-6-11)10-15(18)13-3-4-14(16)12(2)9-13/h3-4,9,11,15,18H,5-8,10H2,1-2H3. The SMILES string of the molecule is Cc1cc(C(O)CN2CCC(C)CC2)ccc1F. The zero-order valence-electron chi connectivity index (χ0n) is 11.2. The van der Waals surface area contributed by atoms with Crippen molar-refractivity contribution >= 4 is 0 Å². The Bertz CT molecular complexity index is 399. The maximum absolute atomic E-state index is 13.2. The van der Waals surface area contributed by atoms with Gasteiger partial charge in [0.15, 0.2) is 0 Å². The molecule has 2 rings (SSSR count). The minimum absolute atomic E-state index is 0.210. The number of β-amino-alcohol motifs (C(OH)–C–C–N with tert-alkyl or cyclic N) is 1. The van der Waals surface area contributed by atoms with E-state index in [0.717, 1.165) is 24.6 Å². The Morgan fingerprint density at radius 1 is 1.39 bits per heavy atom. The molecule has 1 aliphatic rings. The average molecular weight is 251 g/mol. The van der Waals surface area contributed by atoms with Gasteiger partial charge in [0, 0.05) is 6.54 Å². The largest absolute Gasteiger partial charge is 0.387 e. The summed E-state index contributed by atoms with van der Waals surface area (Å²) < 4.78 is 13.2. The van der Waals surface area contributed by atoms with Crippen LogP contribution in [0.4, 0.5) is 4.39 Å². The van der Waals surface area contributed by atoms with E-state index in [2.05, 4.69) is 11.8 Å². The first-order chi connectivity index (χ1) is 8.56. The molecule has 1 saturated heterocycles. The Labute approximate surface area is 108 Å². The molecule has 1 aromatic carbocycles. The predicted molar refractivity (Wildman–Crippen MR) is 70.9 cm³/mol. The molecule has 1 unspecified atom stereocenters. The summed E-state index contributed by atoms with van der Waals surface area (Å²) in [4.78, 5) is 2.29. The lowest BCUT2D eigenvalue weighted by atomic mass is 9.98. The molecule has 18 heavy (non-hydrogen) atoms. The van der Waals surface area contributed by atoms with E-state index < -0.39 is 6.10 Å². The van der Waals surface area contributed by atoms with E-state index in [9.17, 15) is 9.50 Å². The quantitative estimate of drug-likeness (QED) is 0.893. The third kappa shape index (κ3) is 3.30. The number of aliphatic hydroxyl groups is 1. The van der Waals surface area contributed by atoms with Crippen molar-refractivity contribution in [1.29, 1.82) is 0 Å². The molecule has 0 radical (unpaired) electrons. The van der Waals surface area contributed by atoms with Gasteiger partial charge in [-0.1, -0.05) is 19.1 Å². The first kappa shape index (κ1) is 13.5. The number of aryl methyl sites for hydroxylation is 1. The molecule has 0 aromatic heterocycles. The van der Waals surface area contributed by atoms with Crippen LogP contribution in [0.5, 0.6) is 0 Å². The summed E-state index contributed by atoms with van der Waals surface area (Å²) in [5.74, 6) is 0.587. The van der Waals surface area contributed by atoms with Crippen LogP contribution in [0, 0.1) is 18.7 Å². The lowest BCUT2D eigenvalue weighted by molar-refractivity contribution is 0.0915. The van der Waals surface area contributed by atoms with Crippen LogP contribution < -0.4 is 0 Å². The summed E-state index contributed by atoms with van der Waals surface area (Å²) in [6.45, 7) is 6.76. The van der Waals surface area contributed by atoms with Crippen molar-refractivity contribution in [1.82, 2.24) is 4.90 Å². The van der Waals surface area contributed by atoms with Crippen molar-refractivity contribution in [2.45, 2.75) is 32.8 Å². The Kier molecular flexibility index (Phi) is 4.36. The Hall–Kier alpha value is -0.930. The number of nitrogens with zero attached hydrogens (tertiary/aromatic N) is 1. The van der Waals surface area contributed by atoms with Crippen molar-refractivity contribution in [2.75, 3.05) is 19.6 Å². The molecule has 100 valence electrons. The monoisotopic (exact) mass is 251 g/mol. The molecule has 0 bridgehead atoms. The number of aliphatic hydroxyl groups excluding tert-OH is 1. The second-order valence-corrected chi connectivity index (χ2v) is 5.51. The molecule has 1 aromatic rings. The maximum Gasteiger partial charge on any atom is 0.126 e. The van der Waals surface area contributed by atoms with E-state index in [-0.39, 0.29) is 5.82 Å². The molecular weight excluding hydrogens is 229 g/mol. The van der Waals surface area contributed by atoms with Crippen LogP contribution in [0.2, 0.25) is 0 Å². The summed E-state index contributed by atoms with van der Waals surface area (Å²) >= 11 is 0. The average Bonchev–Trinajstić information content (AvgIpc) is 2.35. The fourth-order valence-electron chi connectivity index (χ4n) is 2.47. The van der Waals surface area contributed by atoms with Crippen LogP contribution in [-0.4, -0.2) is 29.6 Å². The number of hydrogen-bond donors (Lipinski definition) is 1. The lowest BCUT2D eigenvalue weighted by Crippen LogP contribution is -2.36. The van der Waals surface area contributed by atoms with Crippen LogP contribution in [-0.2, 0) is 0 Å². The molecule has 0 aliphatic carbocycles. The van der Waals surface area contributed by atoms with Gasteiger partial charge >= 0.3 is 0 Å². The van der Waals surface area contributed by atoms with E-state index >= 15 is 0 Å². The smallest absolute Gasteiger partial charge is 0.126 e. The molecule has 2 nitrogen and oxygen atoms in total. The molecule has 1 heterocycles. The molecule has 1 atom stereocenters. The van der Waals surface area contributed by atoms with Gasteiger partial charge in [-0.3, -0.25) is 0 Å². The Balaban J connectivity index is 1.94. The summed E-state index contributed by atoms with van der Waals surface area (Å²) in [5.41, 5.74) is 1.41. The molecule has 1 fully saturated rings. The van der Waals surface area contributed by atoms with Crippen molar-refractivity contribution in [3.8, 4) is 0 Å². The lowest BCUT2D eigenvalue weighted by Gasteiger charge is -2.31. The van der Waals surface area contributed by atoms with E-state index in [1.165, 1.54) is 18.9 Å². The highest BCUT2D eigenvalue weighted by Crippen LogP contribution is 2.21. The summed E-state index contributed by atoms with van der Waals surface area (Å²) in [6.07, 6.45) is 1.89. The molecule has 1 N–H and O–H groups in total. The first-order valence-corrected chi connectivity index (χ1v) is 6.72. The molecule has 0 spiro atoms. The van der Waals surface area contributed by atoms with Crippen LogP contribution in [0.3, 0.4) is 0 Å². The van der Waals surface area contributed by atoms with Crippen LogP contribution >= 0.6 is 0 Å². The van der Waals surface area contributed by atoms with E-state index in [0.29, 0.717) is 12.1 Å². The van der Waals surface area contributed by atoms with Gasteiger partial charge < -0.3 is 10.0 Å². The zero-order valence-corrected chi connectivity index (χ0v) is 11.2.